The summed E-state index contributed by atoms with van der Waals surface area (Å²) in [7, 11) is 0. The smallest absolute Gasteiger partial charge is 0.331 e. The van der Waals surface area contributed by atoms with Crippen molar-refractivity contribution in [1.82, 2.24) is 5.32 Å². The van der Waals surface area contributed by atoms with Crippen LogP contribution in [0, 0.1) is 17.8 Å². The second kappa shape index (κ2) is 9.40. The monoisotopic (exact) mass is 343 g/mol. The number of esters is 1. The average Bonchev–Trinajstić information content (AvgIpc) is 2.59. The molecule has 1 fully saturated rings. The van der Waals surface area contributed by atoms with E-state index in [4.69, 9.17) is 4.74 Å². The van der Waals surface area contributed by atoms with Gasteiger partial charge in [0.05, 0.1) is 0 Å². The fraction of sp³-hybridized carbons (Fsp3) is 0.524. The molecule has 0 radical (unpaired) electrons. The molecule has 4 heteroatoms. The first-order valence-corrected chi connectivity index (χ1v) is 9.16. The van der Waals surface area contributed by atoms with E-state index in [1.165, 1.54) is 18.6 Å². The van der Waals surface area contributed by atoms with Crippen molar-refractivity contribution in [2.24, 2.45) is 17.8 Å². The Morgan fingerprint density at radius 3 is 2.60 bits per heavy atom. The number of rotatable bonds is 6. The van der Waals surface area contributed by atoms with Crippen molar-refractivity contribution in [1.29, 1.82) is 0 Å². The Kier molecular flexibility index (Phi) is 7.23. The van der Waals surface area contributed by atoms with Crippen LogP contribution in [0.1, 0.15) is 45.6 Å². The maximum atomic E-state index is 12.1. The van der Waals surface area contributed by atoms with E-state index in [2.05, 4.69) is 26.1 Å². The molecular weight excluding hydrogens is 314 g/mol. The number of nitrogens with one attached hydrogen (secondary N) is 1. The van der Waals surface area contributed by atoms with Crippen molar-refractivity contribution in [2.75, 3.05) is 0 Å². The molecule has 1 N–H and O–H groups in total. The van der Waals surface area contributed by atoms with Crippen molar-refractivity contribution in [2.45, 2.75) is 52.7 Å². The normalized spacial score (nSPS) is 23.6. The van der Waals surface area contributed by atoms with Gasteiger partial charge >= 0.3 is 5.97 Å². The Labute approximate surface area is 150 Å². The van der Waals surface area contributed by atoms with Crippen LogP contribution >= 0.6 is 0 Å². The molecular formula is C21H29NO3. The topological polar surface area (TPSA) is 55.4 Å². The molecule has 0 heterocycles. The van der Waals surface area contributed by atoms with Crippen LogP contribution < -0.4 is 5.32 Å². The highest BCUT2D eigenvalue weighted by Gasteiger charge is 2.32. The minimum atomic E-state index is -0.431. The summed E-state index contributed by atoms with van der Waals surface area (Å²) < 4.78 is 5.64. The lowest BCUT2D eigenvalue weighted by Crippen LogP contribution is -2.35. The first-order valence-electron chi connectivity index (χ1n) is 9.16. The molecule has 2 rings (SSSR count). The summed E-state index contributed by atoms with van der Waals surface area (Å²) in [5.74, 6) is 0.743. The summed E-state index contributed by atoms with van der Waals surface area (Å²) in [5, 5.41) is 2.76. The van der Waals surface area contributed by atoms with Gasteiger partial charge in [-0.3, -0.25) is 4.79 Å². The summed E-state index contributed by atoms with van der Waals surface area (Å²) in [4.78, 5) is 23.9. The van der Waals surface area contributed by atoms with Crippen LogP contribution in [-0.4, -0.2) is 18.0 Å². The molecule has 1 amide bonds. The van der Waals surface area contributed by atoms with E-state index >= 15 is 0 Å². The second-order valence-electron chi connectivity index (χ2n) is 7.34. The van der Waals surface area contributed by atoms with Gasteiger partial charge in [-0.05, 0) is 36.2 Å². The molecule has 3 atom stereocenters. The fourth-order valence-corrected chi connectivity index (χ4v) is 3.43. The van der Waals surface area contributed by atoms with Gasteiger partial charge in [-0.2, -0.15) is 0 Å². The highest BCUT2D eigenvalue weighted by molar-refractivity contribution is 5.94. The zero-order valence-electron chi connectivity index (χ0n) is 15.4. The maximum absolute atomic E-state index is 12.1. The van der Waals surface area contributed by atoms with Gasteiger partial charge in [0.2, 0.25) is 5.91 Å². The molecule has 0 bridgehead atoms. The number of hydrogen-bond acceptors (Lipinski definition) is 3. The van der Waals surface area contributed by atoms with Gasteiger partial charge in [-0.15, -0.1) is 0 Å². The van der Waals surface area contributed by atoms with Crippen LogP contribution in [0.3, 0.4) is 0 Å². The number of hydrogen-bond donors (Lipinski definition) is 1. The fourth-order valence-electron chi connectivity index (χ4n) is 3.43. The largest absolute Gasteiger partial charge is 0.459 e. The van der Waals surface area contributed by atoms with Crippen LogP contribution in [0.25, 0.3) is 0 Å². The van der Waals surface area contributed by atoms with Crippen LogP contribution in [0.15, 0.2) is 42.5 Å². The Balaban J connectivity index is 1.81. The quantitative estimate of drug-likeness (QED) is 0.630. The summed E-state index contributed by atoms with van der Waals surface area (Å²) >= 11 is 0. The Morgan fingerprint density at radius 1 is 1.20 bits per heavy atom. The van der Waals surface area contributed by atoms with Crippen molar-refractivity contribution < 1.29 is 14.3 Å². The highest BCUT2D eigenvalue weighted by atomic mass is 16.5. The van der Waals surface area contributed by atoms with Gasteiger partial charge in [0.25, 0.3) is 0 Å². The Bertz CT molecular complexity index is 594. The van der Waals surface area contributed by atoms with Gasteiger partial charge in [0.1, 0.15) is 6.10 Å². The standard InChI is InChI=1S/C21H29NO3/c1-15(2)18-10-9-16(3)13-19(18)25-21(24)12-11-20(23)22-14-17-7-5-4-6-8-17/h4-8,11-12,15-16,18-19H,9-10,13-14H2,1-3H3,(H,22,23)/b12-11-/t16-,18+,19-/m1/s1. The summed E-state index contributed by atoms with van der Waals surface area (Å²) in [5.41, 5.74) is 1.02. The lowest BCUT2D eigenvalue weighted by Gasteiger charge is -2.36. The van der Waals surface area contributed by atoms with Gasteiger partial charge in [-0.25, -0.2) is 4.79 Å². The number of carbonyl (C=O) groups excluding carboxylic acids is 2. The molecule has 0 aliphatic heterocycles. The molecule has 25 heavy (non-hydrogen) atoms. The first kappa shape index (κ1) is 19.2. The van der Waals surface area contributed by atoms with Crippen molar-refractivity contribution in [3.8, 4) is 0 Å². The van der Waals surface area contributed by atoms with Crippen LogP contribution in [0.2, 0.25) is 0 Å². The predicted octanol–water partition coefficient (Wildman–Crippen LogP) is 3.86. The molecule has 1 aliphatic carbocycles. The lowest BCUT2D eigenvalue weighted by molar-refractivity contribution is -0.149. The second-order valence-corrected chi connectivity index (χ2v) is 7.34. The SMILES string of the molecule is CC(C)[C@@H]1CC[C@@H](C)C[C@H]1OC(=O)/C=C\C(=O)NCc1ccccc1. The molecule has 0 aromatic heterocycles. The van der Waals surface area contributed by atoms with E-state index < -0.39 is 5.97 Å². The van der Waals surface area contributed by atoms with Crippen molar-refractivity contribution >= 4 is 11.9 Å². The summed E-state index contributed by atoms with van der Waals surface area (Å²) in [6, 6.07) is 9.65. The van der Waals surface area contributed by atoms with Gasteiger partial charge < -0.3 is 10.1 Å². The van der Waals surface area contributed by atoms with Crippen molar-refractivity contribution in [3.63, 3.8) is 0 Å². The maximum Gasteiger partial charge on any atom is 0.331 e. The zero-order chi connectivity index (χ0) is 18.2. The molecule has 1 aromatic rings. The third-order valence-electron chi connectivity index (χ3n) is 4.91. The Hall–Kier alpha value is -2.10. The van der Waals surface area contributed by atoms with Gasteiger partial charge in [0, 0.05) is 18.7 Å². The first-order chi connectivity index (χ1) is 12.0. The van der Waals surface area contributed by atoms with Crippen LogP contribution in [0.5, 0.6) is 0 Å². The molecule has 1 aromatic carbocycles. The number of ether oxygens (including phenoxy) is 1. The lowest BCUT2D eigenvalue weighted by atomic mass is 9.75. The highest BCUT2D eigenvalue weighted by Crippen LogP contribution is 2.35. The Morgan fingerprint density at radius 2 is 1.92 bits per heavy atom. The van der Waals surface area contributed by atoms with E-state index in [1.54, 1.807) is 0 Å². The molecule has 1 saturated carbocycles. The van der Waals surface area contributed by atoms with E-state index in [-0.39, 0.29) is 12.0 Å². The number of benzene rings is 1. The summed E-state index contributed by atoms with van der Waals surface area (Å²) in [6.45, 7) is 6.99. The van der Waals surface area contributed by atoms with Gasteiger partial charge in [0.15, 0.2) is 0 Å². The van der Waals surface area contributed by atoms with Crippen molar-refractivity contribution in [3.05, 3.63) is 48.0 Å². The third-order valence-corrected chi connectivity index (χ3v) is 4.91. The minimum absolute atomic E-state index is 0.0479. The molecule has 136 valence electrons. The van der Waals surface area contributed by atoms with E-state index in [0.717, 1.165) is 18.4 Å². The molecule has 4 nitrogen and oxygen atoms in total. The number of carbonyl (C=O) groups is 2. The minimum Gasteiger partial charge on any atom is -0.459 e. The van der Waals surface area contributed by atoms with Crippen LogP contribution in [0.4, 0.5) is 0 Å². The van der Waals surface area contributed by atoms with Gasteiger partial charge in [-0.1, -0.05) is 57.5 Å². The molecule has 0 unspecified atom stereocenters. The molecule has 1 aliphatic rings. The van der Waals surface area contributed by atoms with E-state index in [0.29, 0.717) is 24.3 Å². The number of amides is 1. The van der Waals surface area contributed by atoms with Crippen LogP contribution in [-0.2, 0) is 20.9 Å². The third kappa shape index (κ3) is 6.37. The van der Waals surface area contributed by atoms with E-state index in [9.17, 15) is 9.59 Å². The van der Waals surface area contributed by atoms with E-state index in [1.807, 2.05) is 30.3 Å². The molecule has 0 saturated heterocycles. The zero-order valence-corrected chi connectivity index (χ0v) is 15.4. The molecule has 0 spiro atoms. The predicted molar refractivity (Wildman–Crippen MR) is 98.7 cm³/mol. The average molecular weight is 343 g/mol. The summed E-state index contributed by atoms with van der Waals surface area (Å²) in [6.07, 6.45) is 5.63.